The number of benzene rings is 2. The molecule has 8 heteroatoms. The van der Waals surface area contributed by atoms with E-state index in [-0.39, 0.29) is 42.2 Å². The maximum absolute atomic E-state index is 13.6. The number of hydrogen-bond acceptors (Lipinski definition) is 6. The quantitative estimate of drug-likeness (QED) is 0.577. The van der Waals surface area contributed by atoms with Crippen molar-refractivity contribution >= 4 is 11.9 Å². The number of fused-ring (bicyclic) bond motifs is 3. The zero-order valence-corrected chi connectivity index (χ0v) is 19.7. The van der Waals surface area contributed by atoms with Gasteiger partial charge in [0, 0.05) is 37.0 Å². The van der Waals surface area contributed by atoms with E-state index in [1.54, 1.807) is 29.2 Å². The maximum atomic E-state index is 13.6. The highest BCUT2D eigenvalue weighted by molar-refractivity contribution is 5.86. The lowest BCUT2D eigenvalue weighted by atomic mass is 9.78. The molecular formula is C28H27FNO6-. The van der Waals surface area contributed by atoms with Gasteiger partial charge in [0.15, 0.2) is 11.5 Å². The van der Waals surface area contributed by atoms with Gasteiger partial charge in [-0.05, 0) is 60.4 Å². The summed E-state index contributed by atoms with van der Waals surface area (Å²) in [6.07, 6.45) is 5.27. The number of halogens is 1. The number of rotatable bonds is 6. The monoisotopic (exact) mass is 492 g/mol. The highest BCUT2D eigenvalue weighted by Gasteiger charge is 2.50. The average molecular weight is 493 g/mol. The second-order valence-corrected chi connectivity index (χ2v) is 10.1. The first kappa shape index (κ1) is 22.9. The van der Waals surface area contributed by atoms with Crippen LogP contribution in [-0.2, 0) is 9.59 Å². The normalized spacial score (nSPS) is 30.0. The number of aliphatic carboxylic acids is 1. The molecule has 4 aliphatic rings. The molecule has 2 fully saturated rings. The third kappa shape index (κ3) is 4.08. The zero-order valence-electron chi connectivity index (χ0n) is 19.7. The van der Waals surface area contributed by atoms with E-state index in [1.807, 2.05) is 18.2 Å². The molecule has 188 valence electrons. The number of carbonyl (C=O) groups excluding carboxylic acids is 2. The van der Waals surface area contributed by atoms with Crippen LogP contribution in [-0.4, -0.2) is 43.3 Å². The lowest BCUT2D eigenvalue weighted by Gasteiger charge is -2.41. The molecule has 6 atom stereocenters. The average Bonchev–Trinajstić information content (AvgIpc) is 3.63. The van der Waals surface area contributed by atoms with E-state index in [4.69, 9.17) is 14.2 Å². The van der Waals surface area contributed by atoms with Crippen molar-refractivity contribution in [1.82, 2.24) is 4.90 Å². The van der Waals surface area contributed by atoms with Gasteiger partial charge in [-0.25, -0.2) is 4.39 Å². The molecule has 2 aromatic rings. The summed E-state index contributed by atoms with van der Waals surface area (Å²) in [5.41, 5.74) is 0.998. The topological polar surface area (TPSA) is 88.1 Å². The SMILES string of the molecule is O=C([O-])[C@H]1[C@@H](C(=O)N2CC[C@H](c3ccc(F)cc3)[C@H](COc3ccc4c(c3)OCO4)C2)[C@@H]2C=C[C@H]1C2. The van der Waals surface area contributed by atoms with Gasteiger partial charge >= 0.3 is 0 Å². The molecule has 2 aliphatic heterocycles. The van der Waals surface area contributed by atoms with Crippen LogP contribution >= 0.6 is 0 Å². The van der Waals surface area contributed by atoms with Gasteiger partial charge in [-0.3, -0.25) is 4.79 Å². The number of hydrogen-bond donors (Lipinski definition) is 0. The Balaban J connectivity index is 1.21. The molecule has 0 aromatic heterocycles. The van der Waals surface area contributed by atoms with Crippen molar-refractivity contribution in [2.24, 2.45) is 29.6 Å². The Hall–Kier alpha value is -3.55. The summed E-state index contributed by atoms with van der Waals surface area (Å²) in [5, 5.41) is 11.9. The Bertz CT molecular complexity index is 1200. The molecule has 0 spiro atoms. The lowest BCUT2D eigenvalue weighted by Crippen LogP contribution is -2.51. The third-order valence-electron chi connectivity index (χ3n) is 8.17. The summed E-state index contributed by atoms with van der Waals surface area (Å²) in [5.74, 6) is -1.15. The molecule has 2 aromatic carbocycles. The van der Waals surface area contributed by atoms with Crippen LogP contribution in [0.4, 0.5) is 4.39 Å². The first-order valence-corrected chi connectivity index (χ1v) is 12.4. The molecular weight excluding hydrogens is 465 g/mol. The van der Waals surface area contributed by atoms with Crippen molar-refractivity contribution in [3.05, 3.63) is 66.0 Å². The Labute approximate surface area is 208 Å². The Kier molecular flexibility index (Phi) is 5.82. The van der Waals surface area contributed by atoms with Crippen molar-refractivity contribution in [1.29, 1.82) is 0 Å². The van der Waals surface area contributed by atoms with E-state index in [1.165, 1.54) is 12.1 Å². The van der Waals surface area contributed by atoms with Crippen molar-refractivity contribution in [2.75, 3.05) is 26.5 Å². The molecule has 1 saturated carbocycles. The fourth-order valence-electron chi connectivity index (χ4n) is 6.41. The van der Waals surface area contributed by atoms with E-state index < -0.39 is 17.8 Å². The smallest absolute Gasteiger partial charge is 0.231 e. The van der Waals surface area contributed by atoms with Crippen LogP contribution in [0.25, 0.3) is 0 Å². The Morgan fingerprint density at radius 1 is 1.03 bits per heavy atom. The fourth-order valence-corrected chi connectivity index (χ4v) is 6.41. The summed E-state index contributed by atoms with van der Waals surface area (Å²) in [7, 11) is 0. The van der Waals surface area contributed by atoms with E-state index in [0.29, 0.717) is 49.8 Å². The number of carboxylic acid groups (broad SMARTS) is 1. The van der Waals surface area contributed by atoms with Crippen LogP contribution in [0.15, 0.2) is 54.6 Å². The second-order valence-electron chi connectivity index (χ2n) is 10.1. The summed E-state index contributed by atoms with van der Waals surface area (Å²) in [6.45, 7) is 1.46. The molecule has 36 heavy (non-hydrogen) atoms. The highest BCUT2D eigenvalue weighted by atomic mass is 19.1. The first-order chi connectivity index (χ1) is 17.5. The molecule has 6 rings (SSSR count). The van der Waals surface area contributed by atoms with Crippen molar-refractivity contribution < 1.29 is 33.3 Å². The van der Waals surface area contributed by atoms with Crippen molar-refractivity contribution in [3.8, 4) is 17.2 Å². The molecule has 1 saturated heterocycles. The van der Waals surface area contributed by atoms with Crippen LogP contribution in [0.2, 0.25) is 0 Å². The highest BCUT2D eigenvalue weighted by Crippen LogP contribution is 2.49. The minimum atomic E-state index is -1.14. The number of carboxylic acids is 1. The molecule has 1 amide bonds. The summed E-state index contributed by atoms with van der Waals surface area (Å²) in [6, 6.07) is 11.9. The summed E-state index contributed by atoms with van der Waals surface area (Å²) in [4.78, 5) is 27.3. The summed E-state index contributed by atoms with van der Waals surface area (Å²) < 4.78 is 30.5. The predicted molar refractivity (Wildman–Crippen MR) is 125 cm³/mol. The van der Waals surface area contributed by atoms with Gasteiger partial charge in [0.05, 0.1) is 12.5 Å². The lowest BCUT2D eigenvalue weighted by molar-refractivity contribution is -0.313. The molecule has 0 radical (unpaired) electrons. The number of amides is 1. The second kappa shape index (κ2) is 9.15. The van der Waals surface area contributed by atoms with Crippen molar-refractivity contribution in [2.45, 2.75) is 18.8 Å². The maximum Gasteiger partial charge on any atom is 0.231 e. The van der Waals surface area contributed by atoms with Gasteiger partial charge in [-0.15, -0.1) is 0 Å². The number of ether oxygens (including phenoxy) is 3. The van der Waals surface area contributed by atoms with Crippen LogP contribution in [0.3, 0.4) is 0 Å². The van der Waals surface area contributed by atoms with E-state index >= 15 is 0 Å². The van der Waals surface area contributed by atoms with Crippen molar-refractivity contribution in [3.63, 3.8) is 0 Å². The number of nitrogens with zero attached hydrogens (tertiary/aromatic N) is 1. The minimum Gasteiger partial charge on any atom is -0.550 e. The Morgan fingerprint density at radius 2 is 1.78 bits per heavy atom. The van der Waals surface area contributed by atoms with Crippen LogP contribution in [0.1, 0.15) is 24.3 Å². The molecule has 0 N–H and O–H groups in total. The van der Waals surface area contributed by atoms with Crippen LogP contribution < -0.4 is 19.3 Å². The standard InChI is InChI=1S/C28H28FNO6/c29-20-5-3-16(4-6-20)22-9-10-30(27(31)25-17-1-2-18(11-17)26(25)28(32)33)13-19(22)14-34-21-7-8-23-24(12-21)36-15-35-23/h1-8,12,17-19,22,25-26H,9-11,13-15H2,(H,32,33)/p-1/t17-,18+,19+,22-,25+,26-/m1/s1. The zero-order chi connectivity index (χ0) is 24.8. The molecule has 2 heterocycles. The summed E-state index contributed by atoms with van der Waals surface area (Å²) >= 11 is 0. The number of allylic oxidation sites excluding steroid dienone is 2. The number of piperidine rings is 1. The molecule has 2 bridgehead atoms. The van der Waals surface area contributed by atoms with Gasteiger partial charge in [0.2, 0.25) is 12.7 Å². The van der Waals surface area contributed by atoms with E-state index in [0.717, 1.165) is 5.56 Å². The van der Waals surface area contributed by atoms with Gasteiger partial charge < -0.3 is 29.0 Å². The van der Waals surface area contributed by atoms with Gasteiger partial charge in [-0.1, -0.05) is 24.3 Å². The number of carbonyl (C=O) groups is 2. The van der Waals surface area contributed by atoms with Gasteiger partial charge in [0.1, 0.15) is 11.6 Å². The molecule has 0 unspecified atom stereocenters. The third-order valence-corrected chi connectivity index (χ3v) is 8.17. The largest absolute Gasteiger partial charge is 0.550 e. The van der Waals surface area contributed by atoms with Crippen LogP contribution in [0, 0.1) is 35.4 Å². The van der Waals surface area contributed by atoms with Gasteiger partial charge in [-0.2, -0.15) is 0 Å². The van der Waals surface area contributed by atoms with E-state index in [9.17, 15) is 19.1 Å². The molecule has 7 nitrogen and oxygen atoms in total. The predicted octanol–water partition coefficient (Wildman–Crippen LogP) is 2.75. The molecule has 2 aliphatic carbocycles. The van der Waals surface area contributed by atoms with Gasteiger partial charge in [0.25, 0.3) is 0 Å². The van der Waals surface area contributed by atoms with Crippen LogP contribution in [0.5, 0.6) is 17.2 Å². The first-order valence-electron chi connectivity index (χ1n) is 12.4. The Morgan fingerprint density at radius 3 is 2.56 bits per heavy atom. The minimum absolute atomic E-state index is 0.0523. The fraction of sp³-hybridized carbons (Fsp3) is 0.429. The van der Waals surface area contributed by atoms with E-state index in [2.05, 4.69) is 0 Å². The number of likely N-dealkylation sites (tertiary alicyclic amines) is 1.